The molecule has 1 fully saturated rings. The second-order valence-corrected chi connectivity index (χ2v) is 9.14. The number of carboxylic acid groups (broad SMARTS) is 1. The van der Waals surface area contributed by atoms with Crippen LogP contribution in [0.25, 0.3) is 17.4 Å². The number of thioether (sulfide) groups is 1. The molecule has 1 saturated heterocycles. The van der Waals surface area contributed by atoms with Crippen LogP contribution in [0.4, 0.5) is 5.69 Å². The minimum atomic E-state index is -1.08. The predicted molar refractivity (Wildman–Crippen MR) is 128 cm³/mol. The molecule has 1 aliphatic heterocycles. The maximum absolute atomic E-state index is 13.0. The van der Waals surface area contributed by atoms with E-state index in [1.165, 1.54) is 17.0 Å². The van der Waals surface area contributed by atoms with Crippen molar-refractivity contribution >= 4 is 75.1 Å². The van der Waals surface area contributed by atoms with Gasteiger partial charge in [-0.25, -0.2) is 4.79 Å². The number of carboxylic acids is 1. The second kappa shape index (κ2) is 8.51. The Balaban J connectivity index is 1.64. The fraction of sp³-hybridized carbons (Fsp3) is 0.0455. The van der Waals surface area contributed by atoms with Crippen molar-refractivity contribution in [2.75, 3.05) is 4.90 Å². The second-order valence-electron chi connectivity index (χ2n) is 6.65. The minimum absolute atomic E-state index is 0.0796. The molecule has 2 heterocycles. The van der Waals surface area contributed by atoms with E-state index in [9.17, 15) is 14.7 Å². The number of carbonyl (C=O) groups is 2. The molecule has 3 aromatic rings. The Morgan fingerprint density at radius 2 is 1.90 bits per heavy atom. The van der Waals surface area contributed by atoms with E-state index in [0.717, 1.165) is 22.9 Å². The molecule has 0 bridgehead atoms. The molecule has 156 valence electrons. The standard InChI is InChI=1S/C22H13Cl2NO4S2/c1-11-2-3-13(21(27)28)9-17(11)25-20(26)19(31-22(25)30)10-14-5-7-18(29-14)12-4-6-15(23)16(24)8-12/h2-10H,1H3,(H,27,28). The van der Waals surface area contributed by atoms with E-state index < -0.39 is 5.97 Å². The number of aryl methyl sites for hydroxylation is 1. The largest absolute Gasteiger partial charge is 0.478 e. The van der Waals surface area contributed by atoms with E-state index in [-0.39, 0.29) is 11.5 Å². The number of hydrogen-bond donors (Lipinski definition) is 1. The van der Waals surface area contributed by atoms with Crippen LogP contribution in [0, 0.1) is 6.92 Å². The van der Waals surface area contributed by atoms with E-state index in [1.807, 2.05) is 0 Å². The van der Waals surface area contributed by atoms with Gasteiger partial charge >= 0.3 is 5.97 Å². The van der Waals surface area contributed by atoms with Gasteiger partial charge in [0.15, 0.2) is 4.32 Å². The van der Waals surface area contributed by atoms with E-state index in [0.29, 0.717) is 36.5 Å². The third-order valence-electron chi connectivity index (χ3n) is 4.59. The summed E-state index contributed by atoms with van der Waals surface area (Å²) < 4.78 is 6.16. The molecule has 1 aliphatic rings. The summed E-state index contributed by atoms with van der Waals surface area (Å²) in [7, 11) is 0. The number of halogens is 2. The lowest BCUT2D eigenvalue weighted by atomic mass is 10.1. The molecule has 0 unspecified atom stereocenters. The average Bonchev–Trinajstić information content (AvgIpc) is 3.29. The van der Waals surface area contributed by atoms with Gasteiger partial charge in [0, 0.05) is 11.6 Å². The summed E-state index contributed by atoms with van der Waals surface area (Å²) in [6.45, 7) is 1.79. The van der Waals surface area contributed by atoms with Gasteiger partial charge in [-0.2, -0.15) is 0 Å². The van der Waals surface area contributed by atoms with Crippen LogP contribution in [0.3, 0.4) is 0 Å². The van der Waals surface area contributed by atoms with E-state index in [2.05, 4.69) is 0 Å². The SMILES string of the molecule is Cc1ccc(C(=O)O)cc1N1C(=O)C(=Cc2ccc(-c3ccc(Cl)c(Cl)c3)o2)SC1=S. The Kier molecular flexibility index (Phi) is 5.94. The van der Waals surface area contributed by atoms with Crippen LogP contribution in [-0.4, -0.2) is 21.3 Å². The van der Waals surface area contributed by atoms with Crippen molar-refractivity contribution in [3.8, 4) is 11.3 Å². The Morgan fingerprint density at radius 3 is 2.61 bits per heavy atom. The van der Waals surface area contributed by atoms with Crippen molar-refractivity contribution in [3.05, 3.63) is 80.4 Å². The molecule has 0 atom stereocenters. The number of anilines is 1. The van der Waals surface area contributed by atoms with Gasteiger partial charge in [0.2, 0.25) is 0 Å². The summed E-state index contributed by atoms with van der Waals surface area (Å²) in [5.41, 5.74) is 2.02. The third kappa shape index (κ3) is 4.27. The zero-order valence-corrected chi connectivity index (χ0v) is 19.0. The molecule has 2 aromatic carbocycles. The Hall–Kier alpha value is -2.58. The number of aromatic carboxylic acids is 1. The molecule has 31 heavy (non-hydrogen) atoms. The quantitative estimate of drug-likeness (QED) is 0.326. The van der Waals surface area contributed by atoms with Gasteiger partial charge in [-0.15, -0.1) is 0 Å². The number of furan rings is 1. The number of amides is 1. The number of rotatable bonds is 4. The molecule has 9 heteroatoms. The molecular formula is C22H13Cl2NO4S2. The van der Waals surface area contributed by atoms with Crippen LogP contribution >= 0.6 is 47.2 Å². The van der Waals surface area contributed by atoms with Gasteiger partial charge in [0.1, 0.15) is 11.5 Å². The fourth-order valence-electron chi connectivity index (χ4n) is 3.02. The summed E-state index contributed by atoms with van der Waals surface area (Å²) >= 11 is 18.5. The Labute approximate surface area is 197 Å². The topological polar surface area (TPSA) is 70.8 Å². The summed E-state index contributed by atoms with van der Waals surface area (Å²) in [5, 5.41) is 10.1. The first-order chi connectivity index (χ1) is 14.7. The van der Waals surface area contributed by atoms with E-state index >= 15 is 0 Å². The van der Waals surface area contributed by atoms with Crippen molar-refractivity contribution in [3.63, 3.8) is 0 Å². The minimum Gasteiger partial charge on any atom is -0.478 e. The summed E-state index contributed by atoms with van der Waals surface area (Å²) in [4.78, 5) is 26.1. The lowest BCUT2D eigenvalue weighted by Gasteiger charge is -2.17. The maximum Gasteiger partial charge on any atom is 0.335 e. The maximum atomic E-state index is 13.0. The highest BCUT2D eigenvalue weighted by molar-refractivity contribution is 8.27. The van der Waals surface area contributed by atoms with Crippen molar-refractivity contribution in [1.29, 1.82) is 0 Å². The van der Waals surface area contributed by atoms with E-state index in [4.69, 9.17) is 39.8 Å². The smallest absolute Gasteiger partial charge is 0.335 e. The van der Waals surface area contributed by atoms with Gasteiger partial charge in [-0.05, 0) is 55.0 Å². The first kappa shape index (κ1) is 21.6. The number of benzene rings is 2. The summed E-state index contributed by atoms with van der Waals surface area (Å²) in [5.74, 6) is -0.372. The van der Waals surface area contributed by atoms with Crippen molar-refractivity contribution in [1.82, 2.24) is 0 Å². The van der Waals surface area contributed by atoms with Crippen LogP contribution in [0.1, 0.15) is 21.7 Å². The number of hydrogen-bond acceptors (Lipinski definition) is 5. The average molecular weight is 490 g/mol. The zero-order valence-electron chi connectivity index (χ0n) is 15.9. The van der Waals surface area contributed by atoms with Gasteiger partial charge in [-0.3, -0.25) is 9.69 Å². The molecule has 1 N–H and O–H groups in total. The number of nitrogens with zero attached hydrogens (tertiary/aromatic N) is 1. The van der Waals surface area contributed by atoms with Crippen molar-refractivity contribution in [2.45, 2.75) is 6.92 Å². The first-order valence-electron chi connectivity index (χ1n) is 8.92. The van der Waals surface area contributed by atoms with Gasteiger partial charge in [0.25, 0.3) is 5.91 Å². The fourth-order valence-corrected chi connectivity index (χ4v) is 4.59. The Bertz CT molecular complexity index is 1280. The number of carbonyl (C=O) groups excluding carboxylic acids is 1. The predicted octanol–water partition coefficient (Wildman–Crippen LogP) is 6.67. The normalized spacial score (nSPS) is 15.2. The molecule has 1 amide bonds. The first-order valence-corrected chi connectivity index (χ1v) is 10.9. The molecule has 0 aliphatic carbocycles. The van der Waals surface area contributed by atoms with Crippen LogP contribution in [-0.2, 0) is 4.79 Å². The van der Waals surface area contributed by atoms with Crippen LogP contribution < -0.4 is 4.90 Å². The van der Waals surface area contributed by atoms with Crippen LogP contribution in [0.2, 0.25) is 10.0 Å². The lowest BCUT2D eigenvalue weighted by molar-refractivity contribution is -0.113. The third-order valence-corrected chi connectivity index (χ3v) is 6.64. The molecule has 4 rings (SSSR count). The van der Waals surface area contributed by atoms with E-state index in [1.54, 1.807) is 49.4 Å². The number of thiocarbonyl (C=S) groups is 1. The highest BCUT2D eigenvalue weighted by Crippen LogP contribution is 2.38. The summed E-state index contributed by atoms with van der Waals surface area (Å²) in [6.07, 6.45) is 1.61. The van der Waals surface area contributed by atoms with Gasteiger partial charge < -0.3 is 9.52 Å². The molecule has 0 spiro atoms. The highest BCUT2D eigenvalue weighted by Gasteiger charge is 2.34. The van der Waals surface area contributed by atoms with Gasteiger partial charge in [-0.1, -0.05) is 53.2 Å². The highest BCUT2D eigenvalue weighted by atomic mass is 35.5. The summed E-state index contributed by atoms with van der Waals surface area (Å²) in [6, 6.07) is 13.3. The lowest BCUT2D eigenvalue weighted by Crippen LogP contribution is -2.28. The monoisotopic (exact) mass is 489 g/mol. The van der Waals surface area contributed by atoms with Crippen LogP contribution in [0.5, 0.6) is 0 Å². The Morgan fingerprint density at radius 1 is 1.13 bits per heavy atom. The molecule has 0 saturated carbocycles. The van der Waals surface area contributed by atoms with Gasteiger partial charge in [0.05, 0.1) is 26.2 Å². The molecular weight excluding hydrogens is 477 g/mol. The van der Waals surface area contributed by atoms with Crippen molar-refractivity contribution in [2.24, 2.45) is 0 Å². The molecule has 0 radical (unpaired) electrons. The molecule has 5 nitrogen and oxygen atoms in total. The zero-order chi connectivity index (χ0) is 22.3. The molecule has 1 aromatic heterocycles. The van der Waals surface area contributed by atoms with Crippen molar-refractivity contribution < 1.29 is 19.1 Å². The van der Waals surface area contributed by atoms with Crippen LogP contribution in [0.15, 0.2) is 57.9 Å².